The average Bonchev–Trinajstić information content (AvgIpc) is 2.59. The van der Waals surface area contributed by atoms with Gasteiger partial charge in [-0.25, -0.2) is 4.98 Å². The Labute approximate surface area is 142 Å². The van der Waals surface area contributed by atoms with E-state index in [0.29, 0.717) is 22.2 Å². The number of hydrogen-bond donors (Lipinski definition) is 1. The van der Waals surface area contributed by atoms with Gasteiger partial charge in [-0.15, -0.1) is 11.8 Å². The largest absolute Gasteiger partial charge is 0.496 e. The maximum Gasteiger partial charge on any atom is 0.270 e. The highest BCUT2D eigenvalue weighted by molar-refractivity contribution is 7.98. The van der Waals surface area contributed by atoms with E-state index in [4.69, 9.17) is 9.47 Å². The second-order valence-electron chi connectivity index (χ2n) is 4.32. The molecule has 0 fully saturated rings. The van der Waals surface area contributed by atoms with Gasteiger partial charge in [0.05, 0.1) is 19.1 Å². The Kier molecular flexibility index (Phi) is 5.58. The molecule has 8 heteroatoms. The Balaban J connectivity index is 2.83. The molecule has 1 N–H and O–H groups in total. The predicted octanol–water partition coefficient (Wildman–Crippen LogP) is 2.77. The SMILES string of the molecule is COc1cc(-c2nc(SC)[nH]c(=O)c2C#N)c(OC)cc1SC. The number of nitrogens with zero attached hydrogens (tertiary/aromatic N) is 2. The van der Waals surface area contributed by atoms with Crippen LogP contribution in [0, 0.1) is 11.3 Å². The van der Waals surface area contributed by atoms with E-state index in [1.54, 1.807) is 19.4 Å². The number of H-pyrrole nitrogens is 1. The van der Waals surface area contributed by atoms with Crippen molar-refractivity contribution in [3.05, 3.63) is 28.0 Å². The number of methoxy groups -OCH3 is 2. The van der Waals surface area contributed by atoms with Crippen LogP contribution < -0.4 is 15.0 Å². The quantitative estimate of drug-likeness (QED) is 0.656. The smallest absolute Gasteiger partial charge is 0.270 e. The zero-order valence-electron chi connectivity index (χ0n) is 13.1. The second-order valence-corrected chi connectivity index (χ2v) is 5.96. The van der Waals surface area contributed by atoms with E-state index < -0.39 is 5.56 Å². The van der Waals surface area contributed by atoms with E-state index in [-0.39, 0.29) is 11.3 Å². The van der Waals surface area contributed by atoms with E-state index in [1.165, 1.54) is 30.6 Å². The van der Waals surface area contributed by atoms with Crippen molar-refractivity contribution < 1.29 is 9.47 Å². The lowest BCUT2D eigenvalue weighted by molar-refractivity contribution is 0.395. The van der Waals surface area contributed by atoms with E-state index >= 15 is 0 Å². The molecular weight excluding hydrogens is 334 g/mol. The fourth-order valence-corrected chi connectivity index (χ4v) is 3.01. The van der Waals surface area contributed by atoms with Gasteiger partial charge in [0.1, 0.15) is 28.8 Å². The standard InChI is InChI=1S/C15H15N3O3S2/c1-20-10-6-12(22-3)11(21-2)5-8(10)13-9(7-16)14(19)18-15(17-13)23-4/h5-6H,1-4H3,(H,17,18,19). The van der Waals surface area contributed by atoms with Crippen LogP contribution >= 0.6 is 23.5 Å². The van der Waals surface area contributed by atoms with Crippen LogP contribution in [-0.4, -0.2) is 36.7 Å². The van der Waals surface area contributed by atoms with Crippen molar-refractivity contribution in [3.63, 3.8) is 0 Å². The fraction of sp³-hybridized carbons (Fsp3) is 0.267. The van der Waals surface area contributed by atoms with Gasteiger partial charge >= 0.3 is 0 Å². The van der Waals surface area contributed by atoms with Gasteiger partial charge in [0, 0.05) is 5.56 Å². The van der Waals surface area contributed by atoms with Crippen LogP contribution in [0.2, 0.25) is 0 Å². The molecule has 0 radical (unpaired) electrons. The number of aromatic nitrogens is 2. The molecule has 0 saturated heterocycles. The highest BCUT2D eigenvalue weighted by atomic mass is 32.2. The Bertz CT molecular complexity index is 828. The van der Waals surface area contributed by atoms with Gasteiger partial charge in [-0.2, -0.15) is 5.26 Å². The van der Waals surface area contributed by atoms with Gasteiger partial charge in [-0.1, -0.05) is 11.8 Å². The molecule has 1 aromatic heterocycles. The molecular formula is C15H15N3O3S2. The fourth-order valence-electron chi connectivity index (χ4n) is 2.06. The minimum atomic E-state index is -0.475. The van der Waals surface area contributed by atoms with Crippen LogP contribution in [0.3, 0.4) is 0 Å². The van der Waals surface area contributed by atoms with Crippen molar-refractivity contribution in [2.75, 3.05) is 26.7 Å². The van der Waals surface area contributed by atoms with Crippen molar-refractivity contribution in [1.29, 1.82) is 5.26 Å². The third kappa shape index (κ3) is 3.30. The molecule has 2 rings (SSSR count). The molecule has 0 unspecified atom stereocenters. The minimum Gasteiger partial charge on any atom is -0.496 e. The van der Waals surface area contributed by atoms with E-state index in [9.17, 15) is 10.1 Å². The lowest BCUT2D eigenvalue weighted by Gasteiger charge is -2.14. The molecule has 23 heavy (non-hydrogen) atoms. The summed E-state index contributed by atoms with van der Waals surface area (Å²) < 4.78 is 10.8. The van der Waals surface area contributed by atoms with Gasteiger partial charge in [-0.3, -0.25) is 4.79 Å². The van der Waals surface area contributed by atoms with Crippen LogP contribution in [0.15, 0.2) is 27.0 Å². The van der Waals surface area contributed by atoms with Gasteiger partial charge < -0.3 is 14.5 Å². The molecule has 6 nitrogen and oxygen atoms in total. The van der Waals surface area contributed by atoms with Crippen molar-refractivity contribution in [3.8, 4) is 28.8 Å². The second kappa shape index (κ2) is 7.44. The summed E-state index contributed by atoms with van der Waals surface area (Å²) in [5, 5.41) is 9.75. The Morgan fingerprint density at radius 2 is 1.87 bits per heavy atom. The first-order valence-electron chi connectivity index (χ1n) is 6.48. The zero-order valence-corrected chi connectivity index (χ0v) is 14.7. The number of rotatable bonds is 5. The summed E-state index contributed by atoms with van der Waals surface area (Å²) in [5.74, 6) is 1.15. The molecule has 0 amide bonds. The van der Waals surface area contributed by atoms with Gasteiger partial charge in [0.2, 0.25) is 0 Å². The first-order valence-corrected chi connectivity index (χ1v) is 8.93. The van der Waals surface area contributed by atoms with Crippen LogP contribution in [-0.2, 0) is 0 Å². The first kappa shape index (κ1) is 17.2. The number of thioether (sulfide) groups is 2. The number of nitriles is 1. The third-order valence-electron chi connectivity index (χ3n) is 3.16. The molecule has 0 aliphatic carbocycles. The van der Waals surface area contributed by atoms with Crippen LogP contribution in [0.5, 0.6) is 11.5 Å². The summed E-state index contributed by atoms with van der Waals surface area (Å²) in [6, 6.07) is 5.45. The zero-order chi connectivity index (χ0) is 17.0. The summed E-state index contributed by atoms with van der Waals surface area (Å²) in [6.07, 6.45) is 3.72. The predicted molar refractivity (Wildman–Crippen MR) is 91.7 cm³/mol. The summed E-state index contributed by atoms with van der Waals surface area (Å²) in [4.78, 5) is 19.9. The molecule has 0 aliphatic heterocycles. The number of hydrogen-bond acceptors (Lipinski definition) is 7. The number of nitrogens with one attached hydrogen (secondary N) is 1. The van der Waals surface area contributed by atoms with Crippen LogP contribution in [0.1, 0.15) is 5.56 Å². The Morgan fingerprint density at radius 1 is 1.17 bits per heavy atom. The molecule has 0 saturated carbocycles. The summed E-state index contributed by atoms with van der Waals surface area (Å²) >= 11 is 2.80. The summed E-state index contributed by atoms with van der Waals surface area (Å²) in [7, 11) is 3.10. The van der Waals surface area contributed by atoms with E-state index in [1.807, 2.05) is 18.4 Å². The number of aromatic amines is 1. The molecule has 1 heterocycles. The number of ether oxygens (including phenoxy) is 2. The topological polar surface area (TPSA) is 88.0 Å². The molecule has 0 spiro atoms. The van der Waals surface area contributed by atoms with Crippen molar-refractivity contribution in [1.82, 2.24) is 9.97 Å². The monoisotopic (exact) mass is 349 g/mol. The van der Waals surface area contributed by atoms with Crippen LogP contribution in [0.25, 0.3) is 11.3 Å². The summed E-state index contributed by atoms with van der Waals surface area (Å²) in [5.41, 5.74) is 0.292. The molecule has 1 aromatic carbocycles. The maximum absolute atomic E-state index is 12.1. The lowest BCUT2D eigenvalue weighted by Crippen LogP contribution is -2.15. The third-order valence-corrected chi connectivity index (χ3v) is 4.50. The van der Waals surface area contributed by atoms with Gasteiger partial charge in [0.15, 0.2) is 5.16 Å². The van der Waals surface area contributed by atoms with Gasteiger partial charge in [0.25, 0.3) is 5.56 Å². The highest BCUT2D eigenvalue weighted by Gasteiger charge is 2.19. The number of benzene rings is 1. The Morgan fingerprint density at radius 3 is 2.39 bits per heavy atom. The normalized spacial score (nSPS) is 10.2. The Hall–Kier alpha value is -2.11. The molecule has 0 atom stereocenters. The maximum atomic E-state index is 12.1. The first-order chi connectivity index (χ1) is 11.1. The molecule has 0 aliphatic rings. The van der Waals surface area contributed by atoms with Gasteiger partial charge in [-0.05, 0) is 24.6 Å². The minimum absolute atomic E-state index is 0.0555. The van der Waals surface area contributed by atoms with Crippen LogP contribution in [0.4, 0.5) is 0 Å². The van der Waals surface area contributed by atoms with Crippen molar-refractivity contribution in [2.45, 2.75) is 10.1 Å². The average molecular weight is 349 g/mol. The summed E-state index contributed by atoms with van der Waals surface area (Å²) in [6.45, 7) is 0. The van der Waals surface area contributed by atoms with Crippen molar-refractivity contribution >= 4 is 23.5 Å². The van der Waals surface area contributed by atoms with Crippen molar-refractivity contribution in [2.24, 2.45) is 0 Å². The lowest BCUT2D eigenvalue weighted by atomic mass is 10.1. The molecule has 120 valence electrons. The van der Waals surface area contributed by atoms with E-state index in [0.717, 1.165) is 4.90 Å². The molecule has 2 aromatic rings. The van der Waals surface area contributed by atoms with E-state index in [2.05, 4.69) is 9.97 Å². The molecule has 0 bridgehead atoms. The highest BCUT2D eigenvalue weighted by Crippen LogP contribution is 2.39.